The van der Waals surface area contributed by atoms with Crippen LogP contribution in [0.25, 0.3) is 0 Å². The standard InChI is InChI=1S/C72H104F2N12O6/c1-49-39-83(45-65(89)85-47-71(3,4)67-61(85)35-53(69(91)79-67)33-51-23-27-55(73)28-24-51)59(37-75-49)43-81-31-17-19-57(41-81)77-63(87)21-15-13-11-9-7-8-10-12-14-16-22-64(88)78-58-20-18-32-82(42-58)44-60-38-76-50(2)40-84(60)46-66(90)86-48-72(5,6)68-62(86)36-54(70(92)80-68)34-52-25-29-56(74)30-26-52/h23-30,35-36,49-50,57-60,75-76H,7-22,31-34,37-48H2,1-6H3,(H,77,87)(H,78,88)(H,79,91)(H,80,92)/t49-,50-,57-,58-,59-,60-/m1/s1. The van der Waals surface area contributed by atoms with Crippen molar-refractivity contribution in [1.82, 2.24) is 50.8 Å². The highest BCUT2D eigenvalue weighted by Crippen LogP contribution is 2.41. The van der Waals surface area contributed by atoms with Crippen molar-refractivity contribution in [1.29, 1.82) is 0 Å². The molecule has 4 fully saturated rings. The van der Waals surface area contributed by atoms with Gasteiger partial charge in [0.2, 0.25) is 23.6 Å². The molecule has 2 aromatic carbocycles. The van der Waals surface area contributed by atoms with Gasteiger partial charge in [-0.2, -0.15) is 0 Å². The summed E-state index contributed by atoms with van der Waals surface area (Å²) in [5.74, 6) is -0.368. The minimum atomic E-state index is -0.426. The molecule has 6 atom stereocenters. The van der Waals surface area contributed by atoms with Gasteiger partial charge >= 0.3 is 0 Å². The average Bonchev–Trinajstić information content (AvgIpc) is 1.61. The van der Waals surface area contributed by atoms with Crippen LogP contribution in [0.2, 0.25) is 0 Å². The second-order valence-corrected chi connectivity index (χ2v) is 29.3. The van der Waals surface area contributed by atoms with Crippen LogP contribution < -0.4 is 42.2 Å². The van der Waals surface area contributed by atoms with Gasteiger partial charge in [-0.15, -0.1) is 0 Å². The first-order chi connectivity index (χ1) is 44.1. The lowest BCUT2D eigenvalue weighted by Crippen LogP contribution is -2.62. The van der Waals surface area contributed by atoms with Crippen LogP contribution in [0.5, 0.6) is 0 Å². The van der Waals surface area contributed by atoms with E-state index >= 15 is 0 Å². The fourth-order valence-electron chi connectivity index (χ4n) is 15.2. The number of nitrogens with zero attached hydrogens (tertiary/aromatic N) is 6. The summed E-state index contributed by atoms with van der Waals surface area (Å²) in [7, 11) is 0. The Kier molecular flexibility index (Phi) is 23.4. The van der Waals surface area contributed by atoms with Crippen molar-refractivity contribution in [2.75, 3.05) is 101 Å². The Hall–Kier alpha value is -6.16. The van der Waals surface area contributed by atoms with E-state index in [4.69, 9.17) is 0 Å². The molecule has 4 amide bonds. The third kappa shape index (κ3) is 18.4. The number of likely N-dealkylation sites (tertiary alicyclic amines) is 2. The zero-order chi connectivity index (χ0) is 65.1. The number of halogens is 2. The molecule has 18 nitrogen and oxygen atoms in total. The van der Waals surface area contributed by atoms with E-state index in [1.54, 1.807) is 24.3 Å². The lowest BCUT2D eigenvalue weighted by molar-refractivity contribution is -0.123. The minimum Gasteiger partial charge on any atom is -0.352 e. The van der Waals surface area contributed by atoms with Crippen LogP contribution >= 0.6 is 0 Å². The normalized spacial score (nSPS) is 23.5. The smallest absolute Gasteiger partial charge is 0.251 e. The first-order valence-corrected chi connectivity index (χ1v) is 34.7. The van der Waals surface area contributed by atoms with Gasteiger partial charge in [-0.3, -0.25) is 48.4 Å². The number of fused-ring (bicyclic) bond motifs is 2. The van der Waals surface area contributed by atoms with Crippen molar-refractivity contribution < 1.29 is 28.0 Å². The van der Waals surface area contributed by atoms with Gasteiger partial charge < -0.3 is 41.0 Å². The summed E-state index contributed by atoms with van der Waals surface area (Å²) in [5, 5.41) is 14.0. The largest absolute Gasteiger partial charge is 0.352 e. The number of unbranched alkanes of at least 4 members (excludes halogenated alkanes) is 9. The van der Waals surface area contributed by atoms with Gasteiger partial charge in [0, 0.05) is 161 Å². The molecular weight excluding hydrogens is 1170 g/mol. The summed E-state index contributed by atoms with van der Waals surface area (Å²) >= 11 is 0. The van der Waals surface area contributed by atoms with Crippen LogP contribution in [0.15, 0.2) is 70.3 Å². The summed E-state index contributed by atoms with van der Waals surface area (Å²) in [6, 6.07) is 17.0. The van der Waals surface area contributed by atoms with Gasteiger partial charge in [0.1, 0.15) is 11.6 Å². The zero-order valence-electron chi connectivity index (χ0n) is 55.8. The van der Waals surface area contributed by atoms with Crippen LogP contribution in [0.1, 0.15) is 178 Å². The molecular formula is C72H104F2N12O6. The molecule has 2 aromatic heterocycles. The molecule has 8 heterocycles. The molecule has 4 saturated heterocycles. The number of carbonyl (C=O) groups is 4. The summed E-state index contributed by atoms with van der Waals surface area (Å²) in [6.07, 6.45) is 16.6. The number of aromatic amines is 2. The Morgan fingerprint density at radius 3 is 1.28 bits per heavy atom. The lowest BCUT2D eigenvalue weighted by Gasteiger charge is -2.43. The predicted molar refractivity (Wildman–Crippen MR) is 360 cm³/mol. The highest BCUT2D eigenvalue weighted by Gasteiger charge is 2.43. The summed E-state index contributed by atoms with van der Waals surface area (Å²) in [4.78, 5) is 101. The van der Waals surface area contributed by atoms with Gasteiger partial charge in [0.25, 0.3) is 11.1 Å². The number of piperidine rings is 2. The molecule has 0 aliphatic carbocycles. The van der Waals surface area contributed by atoms with Crippen LogP contribution in [0.4, 0.5) is 20.2 Å². The Balaban J connectivity index is 0.570. The number of benzene rings is 2. The quantitative estimate of drug-likeness (QED) is 0.0320. The number of carbonyl (C=O) groups excluding carboxylic acids is 4. The molecule has 0 unspecified atom stereocenters. The van der Waals surface area contributed by atoms with Gasteiger partial charge in [-0.25, -0.2) is 8.78 Å². The van der Waals surface area contributed by atoms with Crippen molar-refractivity contribution in [3.63, 3.8) is 0 Å². The first-order valence-electron chi connectivity index (χ1n) is 34.7. The van der Waals surface area contributed by atoms with Gasteiger partial charge in [-0.1, -0.05) is 103 Å². The van der Waals surface area contributed by atoms with Crippen molar-refractivity contribution in [3.05, 3.63) is 127 Å². The van der Waals surface area contributed by atoms with E-state index in [0.717, 1.165) is 164 Å². The molecule has 0 saturated carbocycles. The molecule has 20 heteroatoms. The van der Waals surface area contributed by atoms with E-state index in [1.807, 2.05) is 21.9 Å². The average molecular weight is 1270 g/mol. The molecule has 10 rings (SSSR count). The molecule has 0 spiro atoms. The van der Waals surface area contributed by atoms with E-state index in [9.17, 15) is 37.5 Å². The maximum absolute atomic E-state index is 14.3. The number of H-pyrrole nitrogens is 2. The summed E-state index contributed by atoms with van der Waals surface area (Å²) < 4.78 is 27.3. The van der Waals surface area contributed by atoms with Gasteiger partial charge in [0.15, 0.2) is 0 Å². The Morgan fingerprint density at radius 2 is 0.902 bits per heavy atom. The number of nitrogens with one attached hydrogen (secondary N) is 6. The third-order valence-corrected chi connectivity index (χ3v) is 20.3. The van der Waals surface area contributed by atoms with Crippen molar-refractivity contribution in [3.8, 4) is 0 Å². The second kappa shape index (κ2) is 31.4. The Morgan fingerprint density at radius 1 is 0.533 bits per heavy atom. The maximum atomic E-state index is 14.3. The number of anilines is 2. The number of piperazine rings is 2. The fourth-order valence-corrected chi connectivity index (χ4v) is 15.2. The van der Waals surface area contributed by atoms with Crippen LogP contribution in [0, 0.1) is 11.6 Å². The van der Waals surface area contributed by atoms with Crippen molar-refractivity contribution >= 4 is 35.0 Å². The highest BCUT2D eigenvalue weighted by molar-refractivity contribution is 5.98. The van der Waals surface area contributed by atoms with E-state index in [0.29, 0.717) is 49.9 Å². The summed E-state index contributed by atoms with van der Waals surface area (Å²) in [5.41, 5.74) is 4.53. The SMILES string of the molecule is C[C@@H]1CN(CC(=O)N2CC(C)(C)c3[nH]c(=O)c(Cc4ccc(F)cc4)cc32)[C@@H](CN2CCC[C@@H](NC(=O)CCCCCCCCCCCCC(=O)N[C@@H]3CCCN(C[C@H]4CN[C@H](C)CN4CC(=O)N4CC(C)(C)c5[nH]c(=O)c(Cc6ccc(F)cc6)cc54)C3)C2)CN1. The predicted octanol–water partition coefficient (Wildman–Crippen LogP) is 7.64. The molecule has 502 valence electrons. The summed E-state index contributed by atoms with van der Waals surface area (Å²) in [6.45, 7) is 22.1. The number of amides is 4. The number of hydrogen-bond acceptors (Lipinski definition) is 12. The second-order valence-electron chi connectivity index (χ2n) is 29.3. The molecule has 6 aliphatic rings. The number of aromatic nitrogens is 2. The number of hydrogen-bond donors (Lipinski definition) is 6. The molecule has 0 radical (unpaired) electrons. The molecule has 6 N–H and O–H groups in total. The fraction of sp³-hybridized carbons (Fsp3) is 0.639. The van der Waals surface area contributed by atoms with E-state index in [1.165, 1.54) is 49.9 Å². The van der Waals surface area contributed by atoms with E-state index < -0.39 is 10.8 Å². The zero-order valence-corrected chi connectivity index (χ0v) is 55.8. The number of rotatable bonds is 27. The third-order valence-electron chi connectivity index (χ3n) is 20.3. The topological polar surface area (TPSA) is 202 Å². The maximum Gasteiger partial charge on any atom is 0.251 e. The van der Waals surface area contributed by atoms with E-state index in [-0.39, 0.29) is 95.7 Å². The first kappa shape index (κ1) is 68.7. The molecule has 4 aromatic rings. The molecule has 6 aliphatic heterocycles. The van der Waals surface area contributed by atoms with Crippen LogP contribution in [0.3, 0.4) is 0 Å². The van der Waals surface area contributed by atoms with Crippen molar-refractivity contribution in [2.24, 2.45) is 0 Å². The Labute approximate surface area is 543 Å². The monoisotopic (exact) mass is 1270 g/mol. The van der Waals surface area contributed by atoms with Gasteiger partial charge in [0.05, 0.1) is 24.5 Å². The molecule has 0 bridgehead atoms. The highest BCUT2D eigenvalue weighted by atomic mass is 19.1. The van der Waals surface area contributed by atoms with Gasteiger partial charge in [-0.05, 0) is 113 Å². The minimum absolute atomic E-state index is 0.00623. The van der Waals surface area contributed by atoms with Crippen LogP contribution in [-0.2, 0) is 42.8 Å². The van der Waals surface area contributed by atoms with Crippen molar-refractivity contribution in [2.45, 2.75) is 204 Å². The van der Waals surface area contributed by atoms with Crippen LogP contribution in [-0.4, -0.2) is 181 Å². The van der Waals surface area contributed by atoms with E-state index in [2.05, 4.69) is 92.4 Å². The Bertz CT molecular complexity index is 3070. The lowest BCUT2D eigenvalue weighted by atomic mass is 9.91. The number of pyridine rings is 2. The molecule has 92 heavy (non-hydrogen) atoms.